The van der Waals surface area contributed by atoms with Crippen LogP contribution in [0.3, 0.4) is 0 Å². The van der Waals surface area contributed by atoms with Gasteiger partial charge in [-0.05, 0) is 163 Å². The van der Waals surface area contributed by atoms with Crippen LogP contribution in [0.4, 0.5) is 0 Å². The summed E-state index contributed by atoms with van der Waals surface area (Å²) in [5.74, 6) is 0.741. The Bertz CT molecular complexity index is 2140. The van der Waals surface area contributed by atoms with E-state index in [1.165, 1.54) is 42.6 Å². The molecule has 0 aliphatic carbocycles. The van der Waals surface area contributed by atoms with Gasteiger partial charge in [-0.2, -0.15) is 0 Å². The third-order valence-electron chi connectivity index (χ3n) is 14.6. The maximum absolute atomic E-state index is 12.9. The van der Waals surface area contributed by atoms with Gasteiger partial charge in [0.15, 0.2) is 0 Å². The predicted octanol–water partition coefficient (Wildman–Crippen LogP) is 8.83. The smallest absolute Gasteiger partial charge is 0.481 e. The molecule has 9 nitrogen and oxygen atoms in total. The Balaban J connectivity index is 0.000000179. The molecule has 2 N–H and O–H groups in total. The number of aliphatic carboxylic acids is 1. The SMILES string of the molecule is CC1(C)OB(c2ccc(CC(=O)O)cc2)OC1(C)C.CCc1cccc(C2CCN(C(=O)Cc3ccc(B4OC(C)(C)C(C)(C)O4)cc3)CC2)c1.CCc1cccc(C2CCNCC2)c1. The number of rotatable bonds is 10. The Morgan fingerprint density at radius 2 is 0.954 bits per heavy atom. The average molecular weight is 885 g/mol. The van der Waals surface area contributed by atoms with Gasteiger partial charge in [0.25, 0.3) is 0 Å². The van der Waals surface area contributed by atoms with Crippen LogP contribution in [0.15, 0.2) is 97.1 Å². The summed E-state index contributed by atoms with van der Waals surface area (Å²) in [7, 11) is -0.765. The van der Waals surface area contributed by atoms with Gasteiger partial charge in [-0.25, -0.2) is 0 Å². The Kier molecular flexibility index (Phi) is 16.7. The average Bonchev–Trinajstić information content (AvgIpc) is 3.66. The first-order valence-electron chi connectivity index (χ1n) is 24.1. The Morgan fingerprint density at radius 1 is 0.569 bits per heavy atom. The van der Waals surface area contributed by atoms with Crippen molar-refractivity contribution < 1.29 is 33.3 Å². The van der Waals surface area contributed by atoms with Crippen molar-refractivity contribution in [3.8, 4) is 0 Å². The van der Waals surface area contributed by atoms with Crippen molar-refractivity contribution in [1.29, 1.82) is 0 Å². The highest BCUT2D eigenvalue weighted by molar-refractivity contribution is 6.62. The van der Waals surface area contributed by atoms with Crippen molar-refractivity contribution >= 4 is 37.0 Å². The molecule has 8 rings (SSSR count). The maximum Gasteiger partial charge on any atom is 0.494 e. The molecular weight excluding hydrogens is 810 g/mol. The van der Waals surface area contributed by atoms with Gasteiger partial charge in [0.05, 0.1) is 35.2 Å². The molecule has 0 unspecified atom stereocenters. The van der Waals surface area contributed by atoms with E-state index in [2.05, 4.69) is 95.4 Å². The summed E-state index contributed by atoms with van der Waals surface area (Å²) in [6.07, 6.45) is 7.38. The van der Waals surface area contributed by atoms with E-state index < -0.39 is 13.1 Å². The number of nitrogens with one attached hydrogen (secondary N) is 1. The van der Waals surface area contributed by atoms with Crippen LogP contribution in [0.5, 0.6) is 0 Å². The number of piperidine rings is 2. The van der Waals surface area contributed by atoms with E-state index in [4.69, 9.17) is 23.7 Å². The van der Waals surface area contributed by atoms with Crippen LogP contribution >= 0.6 is 0 Å². The highest BCUT2D eigenvalue weighted by Gasteiger charge is 2.52. The lowest BCUT2D eigenvalue weighted by molar-refractivity contribution is -0.136. The Morgan fingerprint density at radius 3 is 1.34 bits per heavy atom. The first-order valence-corrected chi connectivity index (χ1v) is 24.1. The van der Waals surface area contributed by atoms with Gasteiger partial charge in [0, 0.05) is 13.1 Å². The second-order valence-electron chi connectivity index (χ2n) is 20.3. The molecule has 11 heteroatoms. The summed E-state index contributed by atoms with van der Waals surface area (Å²) in [6.45, 7) is 24.7. The summed E-state index contributed by atoms with van der Waals surface area (Å²) >= 11 is 0. The second kappa shape index (κ2) is 21.6. The van der Waals surface area contributed by atoms with Gasteiger partial charge in [-0.3, -0.25) is 9.59 Å². The summed E-state index contributed by atoms with van der Waals surface area (Å²) in [4.78, 5) is 25.6. The molecule has 4 aliphatic heterocycles. The molecule has 65 heavy (non-hydrogen) atoms. The third kappa shape index (κ3) is 13.0. The lowest BCUT2D eigenvalue weighted by Gasteiger charge is -2.32. The Labute approximate surface area is 390 Å². The molecule has 4 saturated heterocycles. The van der Waals surface area contributed by atoms with E-state index in [-0.39, 0.29) is 41.9 Å². The van der Waals surface area contributed by atoms with Crippen molar-refractivity contribution in [1.82, 2.24) is 10.2 Å². The summed E-state index contributed by atoms with van der Waals surface area (Å²) in [5.41, 5.74) is 8.12. The number of benzene rings is 4. The third-order valence-corrected chi connectivity index (χ3v) is 14.6. The second-order valence-corrected chi connectivity index (χ2v) is 20.3. The van der Waals surface area contributed by atoms with E-state index >= 15 is 0 Å². The molecule has 4 aromatic rings. The minimum absolute atomic E-state index is 0.0314. The van der Waals surface area contributed by atoms with Crippen molar-refractivity contribution in [2.75, 3.05) is 26.2 Å². The summed E-state index contributed by atoms with van der Waals surface area (Å²) in [6, 6.07) is 33.5. The number of nitrogens with zero attached hydrogens (tertiary/aromatic N) is 1. The van der Waals surface area contributed by atoms with Gasteiger partial charge in [0.2, 0.25) is 5.91 Å². The number of likely N-dealkylation sites (tertiary alicyclic amines) is 1. The first-order chi connectivity index (χ1) is 30.8. The van der Waals surface area contributed by atoms with E-state index in [0.29, 0.717) is 12.3 Å². The van der Waals surface area contributed by atoms with Crippen LogP contribution in [0.25, 0.3) is 0 Å². The number of carbonyl (C=O) groups excluding carboxylic acids is 1. The minimum Gasteiger partial charge on any atom is -0.481 e. The Hall–Kier alpha value is -4.25. The van der Waals surface area contributed by atoms with E-state index in [9.17, 15) is 9.59 Å². The largest absolute Gasteiger partial charge is 0.494 e. The molecule has 4 aromatic carbocycles. The van der Waals surface area contributed by atoms with Crippen molar-refractivity contribution in [2.24, 2.45) is 0 Å². The number of amides is 1. The fourth-order valence-electron chi connectivity index (χ4n) is 8.76. The van der Waals surface area contributed by atoms with Crippen LogP contribution in [0.2, 0.25) is 0 Å². The highest BCUT2D eigenvalue weighted by atomic mass is 16.7. The lowest BCUT2D eigenvalue weighted by atomic mass is 9.79. The monoisotopic (exact) mass is 885 g/mol. The zero-order valence-electron chi connectivity index (χ0n) is 40.9. The molecule has 0 atom stereocenters. The van der Waals surface area contributed by atoms with Gasteiger partial charge < -0.3 is 33.9 Å². The zero-order chi connectivity index (χ0) is 47.0. The number of hydrogen-bond donors (Lipinski definition) is 2. The van der Waals surface area contributed by atoms with Crippen molar-refractivity contribution in [2.45, 2.75) is 155 Å². The topological polar surface area (TPSA) is 107 Å². The number of aryl methyl sites for hydroxylation is 2. The van der Waals surface area contributed by atoms with Gasteiger partial charge in [0.1, 0.15) is 0 Å². The normalized spacial score (nSPS) is 20.1. The van der Waals surface area contributed by atoms with Crippen LogP contribution in [-0.2, 0) is 53.9 Å². The predicted molar refractivity (Wildman–Crippen MR) is 264 cm³/mol. The van der Waals surface area contributed by atoms with Crippen LogP contribution in [0, 0.1) is 0 Å². The van der Waals surface area contributed by atoms with Gasteiger partial charge >= 0.3 is 20.2 Å². The fourth-order valence-corrected chi connectivity index (χ4v) is 8.76. The summed E-state index contributed by atoms with van der Waals surface area (Å²) in [5, 5.41) is 12.1. The molecule has 0 radical (unpaired) electrons. The molecule has 348 valence electrons. The zero-order valence-corrected chi connectivity index (χ0v) is 40.9. The van der Waals surface area contributed by atoms with Crippen molar-refractivity contribution in [3.63, 3.8) is 0 Å². The molecule has 0 saturated carbocycles. The molecule has 0 aromatic heterocycles. The first kappa shape index (κ1) is 50.2. The van der Waals surface area contributed by atoms with Gasteiger partial charge in [-0.1, -0.05) is 111 Å². The standard InChI is InChI=1S/C27H36BNO3.C14H19BO4.C13H19N/c1-6-20-8-7-9-23(18-20)22-14-16-29(17-15-22)25(30)19-21-10-12-24(13-11-21)28-31-26(2,3)27(4,5)32-28;1-13(2)14(3,4)19-15(18-13)11-7-5-10(6-8-11)9-12(16)17;1-2-11-4-3-5-13(10-11)12-6-8-14-9-7-12/h7-13,18,22H,6,14-17,19H2,1-5H3;5-8H,9H2,1-4H3,(H,16,17);3-5,10,12,14H,2,6-9H2,1H3. The molecule has 4 fully saturated rings. The molecule has 1 amide bonds. The highest BCUT2D eigenvalue weighted by Crippen LogP contribution is 2.38. The van der Waals surface area contributed by atoms with Crippen LogP contribution in [-0.4, -0.2) is 84.7 Å². The quantitative estimate of drug-likeness (QED) is 0.152. The van der Waals surface area contributed by atoms with E-state index in [1.54, 1.807) is 17.7 Å². The van der Waals surface area contributed by atoms with E-state index in [0.717, 1.165) is 66.7 Å². The number of carbonyl (C=O) groups is 2. The molecule has 0 bridgehead atoms. The molecule has 0 spiro atoms. The summed E-state index contributed by atoms with van der Waals surface area (Å²) < 4.78 is 24.1. The maximum atomic E-state index is 12.9. The number of hydrogen-bond acceptors (Lipinski definition) is 7. The molecule has 4 aliphatic rings. The van der Waals surface area contributed by atoms with Crippen LogP contribution < -0.4 is 16.2 Å². The minimum atomic E-state index is -0.830. The van der Waals surface area contributed by atoms with Gasteiger partial charge in [-0.15, -0.1) is 0 Å². The fraction of sp³-hybridized carbons (Fsp3) is 0.519. The lowest BCUT2D eigenvalue weighted by Crippen LogP contribution is -2.41. The number of carboxylic acids is 1. The molecular formula is C54H74B2N2O7. The van der Waals surface area contributed by atoms with Crippen LogP contribution in [0.1, 0.15) is 140 Å². The number of carboxylic acid groups (broad SMARTS) is 1. The van der Waals surface area contributed by atoms with E-state index in [1.807, 2.05) is 69.0 Å². The van der Waals surface area contributed by atoms with Crippen molar-refractivity contribution in [3.05, 3.63) is 130 Å². The molecule has 4 heterocycles.